The molecule has 0 spiro atoms. The maximum atomic E-state index is 14.1. The molecule has 128 valence electrons. The normalized spacial score (nSPS) is 11.1. The van der Waals surface area contributed by atoms with Crippen molar-refractivity contribution in [3.8, 4) is 11.5 Å². The van der Waals surface area contributed by atoms with Gasteiger partial charge in [0.1, 0.15) is 11.5 Å². The van der Waals surface area contributed by atoms with Gasteiger partial charge in [-0.25, -0.2) is 0 Å². The zero-order chi connectivity index (χ0) is 17.7. The predicted molar refractivity (Wildman–Crippen MR) is 105 cm³/mol. The molecule has 0 heterocycles. The fourth-order valence-corrected chi connectivity index (χ4v) is 7.23. The molecule has 0 bridgehead atoms. The van der Waals surface area contributed by atoms with Crippen molar-refractivity contribution in [2.24, 2.45) is 0 Å². The molecule has 0 aliphatic heterocycles. The number of rotatable bonds is 6. The first-order valence-electron chi connectivity index (χ1n) is 7.79. The lowest BCUT2D eigenvalue weighted by Crippen LogP contribution is -2.13. The zero-order valence-electron chi connectivity index (χ0n) is 14.1. The highest BCUT2D eigenvalue weighted by molar-refractivity contribution is 8.62. The van der Waals surface area contributed by atoms with Crippen LogP contribution in [0.4, 0.5) is 0 Å². The summed E-state index contributed by atoms with van der Waals surface area (Å²) < 4.78 is 24.5. The topological polar surface area (TPSA) is 35.5 Å². The van der Waals surface area contributed by atoms with Crippen molar-refractivity contribution < 1.29 is 14.0 Å². The van der Waals surface area contributed by atoms with Crippen molar-refractivity contribution in [1.29, 1.82) is 0 Å². The summed E-state index contributed by atoms with van der Waals surface area (Å²) in [6, 6.07) is 24.7. The third-order valence-electron chi connectivity index (χ3n) is 3.80. The summed E-state index contributed by atoms with van der Waals surface area (Å²) in [6.07, 6.45) is -2.90. The van der Waals surface area contributed by atoms with Gasteiger partial charge in [0.25, 0.3) is 0 Å². The number of benzene rings is 3. The van der Waals surface area contributed by atoms with Gasteiger partial charge in [-0.3, -0.25) is 0 Å². The van der Waals surface area contributed by atoms with Crippen LogP contribution in [-0.4, -0.2) is 14.2 Å². The van der Waals surface area contributed by atoms with E-state index in [1.165, 1.54) is 11.4 Å². The molecular formula is C20H19O3PS. The Hall–Kier alpha value is -2.16. The smallest absolute Gasteiger partial charge is 0.199 e. The van der Waals surface area contributed by atoms with Crippen LogP contribution in [0.2, 0.25) is 0 Å². The average Bonchev–Trinajstić information content (AvgIpc) is 2.69. The second-order valence-corrected chi connectivity index (χ2v) is 10.2. The fraction of sp³-hybridized carbons (Fsp3) is 0.100. The molecule has 0 saturated carbocycles. The van der Waals surface area contributed by atoms with E-state index in [1.54, 1.807) is 14.2 Å². The lowest BCUT2D eigenvalue weighted by atomic mass is 10.3. The van der Waals surface area contributed by atoms with Gasteiger partial charge in [-0.2, -0.15) is 0 Å². The highest BCUT2D eigenvalue weighted by Crippen LogP contribution is 2.59. The van der Waals surface area contributed by atoms with Gasteiger partial charge in [0, 0.05) is 15.5 Å². The number of hydrogen-bond acceptors (Lipinski definition) is 4. The first-order valence-corrected chi connectivity index (χ1v) is 10.9. The van der Waals surface area contributed by atoms with Crippen molar-refractivity contribution in [3.63, 3.8) is 0 Å². The van der Waals surface area contributed by atoms with E-state index in [-0.39, 0.29) is 0 Å². The minimum atomic E-state index is -2.90. The van der Waals surface area contributed by atoms with Crippen LogP contribution in [0.15, 0.2) is 83.8 Å². The average molecular weight is 370 g/mol. The van der Waals surface area contributed by atoms with Gasteiger partial charge in [-0.1, -0.05) is 29.6 Å². The van der Waals surface area contributed by atoms with Crippen LogP contribution in [0.25, 0.3) is 0 Å². The van der Waals surface area contributed by atoms with Crippen molar-refractivity contribution in [3.05, 3.63) is 78.9 Å². The summed E-state index contributed by atoms with van der Waals surface area (Å²) in [4.78, 5) is 0.970. The molecule has 0 aliphatic carbocycles. The van der Waals surface area contributed by atoms with Crippen LogP contribution in [0, 0.1) is 0 Å². The van der Waals surface area contributed by atoms with E-state index in [9.17, 15) is 4.57 Å². The quantitative estimate of drug-likeness (QED) is 0.588. The van der Waals surface area contributed by atoms with Crippen LogP contribution < -0.4 is 20.1 Å². The minimum Gasteiger partial charge on any atom is -0.497 e. The standard InChI is InChI=1S/C20H19O3PS/c1-22-16-8-12-18(13-9-16)24(21,25-20-6-4-3-5-7-20)19-14-10-17(23-2)11-15-19/h3-15H,1-2H3. The van der Waals surface area contributed by atoms with Crippen LogP contribution >= 0.6 is 17.7 Å². The van der Waals surface area contributed by atoms with Gasteiger partial charge in [0.2, 0.25) is 0 Å². The summed E-state index contributed by atoms with van der Waals surface area (Å²) >= 11 is 1.40. The fourth-order valence-electron chi connectivity index (χ4n) is 2.44. The van der Waals surface area contributed by atoms with E-state index >= 15 is 0 Å². The van der Waals surface area contributed by atoms with Crippen molar-refractivity contribution in [2.75, 3.05) is 14.2 Å². The van der Waals surface area contributed by atoms with Gasteiger partial charge in [-0.15, -0.1) is 0 Å². The second-order valence-electron chi connectivity index (χ2n) is 5.35. The molecule has 0 saturated heterocycles. The Kier molecular flexibility index (Phi) is 5.52. The van der Waals surface area contributed by atoms with E-state index in [1.807, 2.05) is 78.9 Å². The Morgan fingerprint density at radius 2 is 1.12 bits per heavy atom. The molecular weight excluding hydrogens is 351 g/mol. The highest BCUT2D eigenvalue weighted by Gasteiger charge is 2.29. The summed E-state index contributed by atoms with van der Waals surface area (Å²) in [5.41, 5.74) is 0. The molecule has 3 nitrogen and oxygen atoms in total. The number of methoxy groups -OCH3 is 2. The van der Waals surface area contributed by atoms with E-state index in [2.05, 4.69) is 0 Å². The molecule has 3 aromatic carbocycles. The van der Waals surface area contributed by atoms with Gasteiger partial charge >= 0.3 is 0 Å². The summed E-state index contributed by atoms with van der Waals surface area (Å²) in [7, 11) is 3.24. The predicted octanol–water partition coefficient (Wildman–Crippen LogP) is 4.73. The molecule has 25 heavy (non-hydrogen) atoms. The van der Waals surface area contributed by atoms with E-state index in [0.29, 0.717) is 0 Å². The zero-order valence-corrected chi connectivity index (χ0v) is 15.8. The SMILES string of the molecule is COc1ccc(P(=O)(Sc2ccccc2)c2ccc(OC)cc2)cc1. The Bertz CT molecular complexity index is 810. The molecule has 5 heteroatoms. The molecule has 3 rings (SSSR count). The van der Waals surface area contributed by atoms with E-state index < -0.39 is 6.34 Å². The summed E-state index contributed by atoms with van der Waals surface area (Å²) in [5, 5.41) is 1.57. The first kappa shape index (κ1) is 17.7. The third kappa shape index (κ3) is 3.92. The minimum absolute atomic E-state index is 0.745. The van der Waals surface area contributed by atoms with Crippen LogP contribution in [-0.2, 0) is 4.57 Å². The molecule has 0 radical (unpaired) electrons. The second kappa shape index (κ2) is 7.81. The van der Waals surface area contributed by atoms with Crippen LogP contribution in [0.3, 0.4) is 0 Å². The highest BCUT2D eigenvalue weighted by atomic mass is 32.7. The van der Waals surface area contributed by atoms with Crippen molar-refractivity contribution in [1.82, 2.24) is 0 Å². The lowest BCUT2D eigenvalue weighted by molar-refractivity contribution is 0.415. The summed E-state index contributed by atoms with van der Waals surface area (Å²) in [5.74, 6) is 1.49. The molecule has 0 fully saturated rings. The van der Waals surface area contributed by atoms with Crippen LogP contribution in [0.5, 0.6) is 11.5 Å². The van der Waals surface area contributed by atoms with Gasteiger partial charge in [0.15, 0.2) is 6.34 Å². The largest absolute Gasteiger partial charge is 0.497 e. The van der Waals surface area contributed by atoms with Gasteiger partial charge in [0.05, 0.1) is 14.2 Å². The third-order valence-corrected chi connectivity index (χ3v) is 9.17. The monoisotopic (exact) mass is 370 g/mol. The van der Waals surface area contributed by atoms with Gasteiger partial charge in [-0.05, 0) is 60.7 Å². The molecule has 0 amide bonds. The lowest BCUT2D eigenvalue weighted by Gasteiger charge is -2.19. The Morgan fingerprint density at radius 3 is 1.52 bits per heavy atom. The van der Waals surface area contributed by atoms with Crippen LogP contribution in [0.1, 0.15) is 0 Å². The Balaban J connectivity index is 2.07. The first-order chi connectivity index (χ1) is 12.2. The molecule has 0 aliphatic rings. The van der Waals surface area contributed by atoms with E-state index in [0.717, 1.165) is 27.0 Å². The van der Waals surface area contributed by atoms with Gasteiger partial charge < -0.3 is 14.0 Å². The molecule has 3 aromatic rings. The number of ether oxygens (including phenoxy) is 2. The maximum absolute atomic E-state index is 14.1. The van der Waals surface area contributed by atoms with E-state index in [4.69, 9.17) is 9.47 Å². The molecule has 0 atom stereocenters. The molecule has 0 aromatic heterocycles. The molecule has 0 unspecified atom stereocenters. The summed E-state index contributed by atoms with van der Waals surface area (Å²) in [6.45, 7) is 0. The molecule has 0 N–H and O–H groups in total. The maximum Gasteiger partial charge on any atom is 0.199 e. The Labute approximate surface area is 152 Å². The Morgan fingerprint density at radius 1 is 0.680 bits per heavy atom. The number of hydrogen-bond donors (Lipinski definition) is 0. The van der Waals surface area contributed by atoms with Crippen molar-refractivity contribution >= 4 is 28.3 Å². The van der Waals surface area contributed by atoms with Crippen molar-refractivity contribution in [2.45, 2.75) is 4.90 Å².